The van der Waals surface area contributed by atoms with Crippen LogP contribution >= 0.6 is 11.8 Å². The SMILES string of the molecule is CSCCC(NS(=O)(=O)CCCC(F)(F)F)C(=O)O. The zero-order chi connectivity index (χ0) is 15.1. The van der Waals surface area contributed by atoms with Gasteiger partial charge in [-0.25, -0.2) is 13.1 Å². The third-order valence-corrected chi connectivity index (χ3v) is 4.22. The van der Waals surface area contributed by atoms with Gasteiger partial charge in [0.05, 0.1) is 5.75 Å². The molecule has 1 atom stereocenters. The summed E-state index contributed by atoms with van der Waals surface area (Å²) in [7, 11) is -4.02. The Labute approximate surface area is 114 Å². The zero-order valence-electron chi connectivity index (χ0n) is 10.2. The Kier molecular flexibility index (Phi) is 7.75. The maximum absolute atomic E-state index is 11.9. The molecule has 0 saturated heterocycles. The van der Waals surface area contributed by atoms with E-state index in [9.17, 15) is 26.4 Å². The Morgan fingerprint density at radius 1 is 1.42 bits per heavy atom. The molecular weight excluding hydrogens is 307 g/mol. The fraction of sp³-hybridized carbons (Fsp3) is 0.889. The van der Waals surface area contributed by atoms with Crippen LogP contribution in [0.15, 0.2) is 0 Å². The standard InChI is InChI=1S/C9H16F3NO4S2/c1-18-5-3-7(8(14)15)13-19(16,17)6-2-4-9(10,11)12/h7,13H,2-6H2,1H3,(H,14,15). The molecule has 0 heterocycles. The first kappa shape index (κ1) is 18.5. The lowest BCUT2D eigenvalue weighted by molar-refractivity contribution is -0.139. The molecule has 5 nitrogen and oxygen atoms in total. The van der Waals surface area contributed by atoms with Crippen molar-refractivity contribution in [3.8, 4) is 0 Å². The second-order valence-corrected chi connectivity index (χ2v) is 6.69. The van der Waals surface area contributed by atoms with Gasteiger partial charge >= 0.3 is 12.1 Å². The fourth-order valence-corrected chi connectivity index (χ4v) is 2.97. The van der Waals surface area contributed by atoms with Gasteiger partial charge in [0.2, 0.25) is 10.0 Å². The van der Waals surface area contributed by atoms with Crippen LogP contribution in [-0.2, 0) is 14.8 Å². The summed E-state index contributed by atoms with van der Waals surface area (Å²) < 4.78 is 60.4. The molecule has 114 valence electrons. The lowest BCUT2D eigenvalue weighted by Crippen LogP contribution is -2.42. The molecule has 0 radical (unpaired) electrons. The van der Waals surface area contributed by atoms with E-state index in [0.29, 0.717) is 5.75 Å². The second kappa shape index (κ2) is 7.95. The molecule has 0 aromatic carbocycles. The van der Waals surface area contributed by atoms with Crippen LogP contribution in [0, 0.1) is 0 Å². The molecule has 0 aromatic rings. The van der Waals surface area contributed by atoms with Gasteiger partial charge in [-0.2, -0.15) is 24.9 Å². The number of carbonyl (C=O) groups is 1. The van der Waals surface area contributed by atoms with Gasteiger partial charge in [0.15, 0.2) is 0 Å². The molecular formula is C9H16F3NO4S2. The number of alkyl halides is 3. The number of halogens is 3. The third-order valence-electron chi connectivity index (χ3n) is 2.10. The van der Waals surface area contributed by atoms with Crippen molar-refractivity contribution < 1.29 is 31.5 Å². The van der Waals surface area contributed by atoms with E-state index in [1.165, 1.54) is 11.8 Å². The van der Waals surface area contributed by atoms with Crippen LogP contribution in [-0.4, -0.2) is 49.5 Å². The van der Waals surface area contributed by atoms with Crippen LogP contribution in [0.1, 0.15) is 19.3 Å². The number of carboxylic acid groups (broad SMARTS) is 1. The maximum atomic E-state index is 11.9. The molecule has 0 fully saturated rings. The van der Waals surface area contributed by atoms with E-state index in [0.717, 1.165) is 0 Å². The van der Waals surface area contributed by atoms with Crippen LogP contribution in [0.25, 0.3) is 0 Å². The Hall–Kier alpha value is -0.480. The van der Waals surface area contributed by atoms with E-state index in [-0.39, 0.29) is 6.42 Å². The third kappa shape index (κ3) is 10.0. The summed E-state index contributed by atoms with van der Waals surface area (Å²) in [6, 6.07) is -1.30. The summed E-state index contributed by atoms with van der Waals surface area (Å²) in [5.41, 5.74) is 0. The van der Waals surface area contributed by atoms with Gasteiger partial charge in [0.25, 0.3) is 0 Å². The van der Waals surface area contributed by atoms with Crippen LogP contribution in [0.4, 0.5) is 13.2 Å². The minimum Gasteiger partial charge on any atom is -0.480 e. The van der Waals surface area contributed by atoms with Crippen LogP contribution in [0.5, 0.6) is 0 Å². The van der Waals surface area contributed by atoms with Crippen LogP contribution in [0.2, 0.25) is 0 Å². The fourth-order valence-electron chi connectivity index (χ4n) is 1.21. The predicted octanol–water partition coefficient (Wildman–Crippen LogP) is 1.45. The quantitative estimate of drug-likeness (QED) is 0.671. The van der Waals surface area contributed by atoms with Crippen molar-refractivity contribution in [2.24, 2.45) is 0 Å². The molecule has 0 saturated carbocycles. The highest BCUT2D eigenvalue weighted by molar-refractivity contribution is 7.98. The van der Waals surface area contributed by atoms with Gasteiger partial charge in [-0.15, -0.1) is 0 Å². The number of nitrogens with one attached hydrogen (secondary N) is 1. The van der Waals surface area contributed by atoms with Gasteiger partial charge in [-0.3, -0.25) is 4.79 Å². The van der Waals surface area contributed by atoms with E-state index in [4.69, 9.17) is 5.11 Å². The van der Waals surface area contributed by atoms with E-state index in [2.05, 4.69) is 0 Å². The van der Waals surface area contributed by atoms with Crippen molar-refractivity contribution in [3.05, 3.63) is 0 Å². The molecule has 10 heteroatoms. The van der Waals surface area contributed by atoms with Gasteiger partial charge in [0.1, 0.15) is 6.04 Å². The van der Waals surface area contributed by atoms with Crippen molar-refractivity contribution in [2.75, 3.05) is 17.8 Å². The van der Waals surface area contributed by atoms with E-state index < -0.39 is 46.8 Å². The van der Waals surface area contributed by atoms with Gasteiger partial charge in [-0.1, -0.05) is 0 Å². The summed E-state index contributed by atoms with van der Waals surface area (Å²) in [6.07, 6.45) is -4.41. The van der Waals surface area contributed by atoms with E-state index in [1.807, 2.05) is 4.72 Å². The van der Waals surface area contributed by atoms with Crippen molar-refractivity contribution in [1.29, 1.82) is 0 Å². The normalized spacial score (nSPS) is 14.3. The molecule has 0 aliphatic carbocycles. The number of sulfonamides is 1. The van der Waals surface area contributed by atoms with E-state index in [1.54, 1.807) is 6.26 Å². The van der Waals surface area contributed by atoms with Crippen molar-refractivity contribution in [2.45, 2.75) is 31.5 Å². The molecule has 19 heavy (non-hydrogen) atoms. The minimum atomic E-state index is -4.42. The smallest absolute Gasteiger partial charge is 0.389 e. The first-order valence-corrected chi connectivity index (χ1v) is 8.40. The highest BCUT2D eigenvalue weighted by Gasteiger charge is 2.29. The summed E-state index contributed by atoms with van der Waals surface area (Å²) in [5.74, 6) is -1.65. The van der Waals surface area contributed by atoms with Crippen LogP contribution < -0.4 is 4.72 Å². The first-order chi connectivity index (χ1) is 8.57. The molecule has 2 N–H and O–H groups in total. The number of rotatable bonds is 9. The number of hydrogen-bond donors (Lipinski definition) is 2. The number of thioether (sulfide) groups is 1. The summed E-state index contributed by atoms with van der Waals surface area (Å²) in [5, 5.41) is 8.80. The second-order valence-electron chi connectivity index (χ2n) is 3.83. The molecule has 0 aromatic heterocycles. The van der Waals surface area contributed by atoms with Gasteiger partial charge < -0.3 is 5.11 Å². The summed E-state index contributed by atoms with van der Waals surface area (Å²) >= 11 is 1.35. The predicted molar refractivity (Wildman–Crippen MR) is 66.6 cm³/mol. The van der Waals surface area contributed by atoms with Gasteiger partial charge in [0, 0.05) is 6.42 Å². The Bertz CT molecular complexity index is 383. The Morgan fingerprint density at radius 2 is 2.00 bits per heavy atom. The number of hydrogen-bond acceptors (Lipinski definition) is 4. The number of aliphatic carboxylic acids is 1. The monoisotopic (exact) mass is 323 g/mol. The molecule has 0 aliphatic heterocycles. The van der Waals surface area contributed by atoms with Gasteiger partial charge in [-0.05, 0) is 24.9 Å². The van der Waals surface area contributed by atoms with Crippen molar-refractivity contribution >= 4 is 27.8 Å². The molecule has 0 bridgehead atoms. The largest absolute Gasteiger partial charge is 0.480 e. The topological polar surface area (TPSA) is 83.5 Å². The Balaban J connectivity index is 4.35. The number of carboxylic acids is 1. The zero-order valence-corrected chi connectivity index (χ0v) is 11.9. The highest BCUT2D eigenvalue weighted by atomic mass is 32.2. The summed E-state index contributed by atoms with van der Waals surface area (Å²) in [4.78, 5) is 10.8. The average molecular weight is 323 g/mol. The molecule has 0 rings (SSSR count). The molecule has 1 unspecified atom stereocenters. The lowest BCUT2D eigenvalue weighted by atomic mass is 10.2. The van der Waals surface area contributed by atoms with Crippen LogP contribution in [0.3, 0.4) is 0 Å². The van der Waals surface area contributed by atoms with Crippen molar-refractivity contribution in [1.82, 2.24) is 4.72 Å². The maximum Gasteiger partial charge on any atom is 0.389 e. The molecule has 0 spiro atoms. The Morgan fingerprint density at radius 3 is 2.42 bits per heavy atom. The average Bonchev–Trinajstić information content (AvgIpc) is 2.21. The minimum absolute atomic E-state index is 0.0784. The van der Waals surface area contributed by atoms with Crippen molar-refractivity contribution in [3.63, 3.8) is 0 Å². The lowest BCUT2D eigenvalue weighted by Gasteiger charge is -2.14. The van der Waals surface area contributed by atoms with E-state index >= 15 is 0 Å². The molecule has 0 amide bonds. The molecule has 0 aliphatic rings. The highest BCUT2D eigenvalue weighted by Crippen LogP contribution is 2.21. The summed E-state index contributed by atoms with van der Waals surface area (Å²) in [6.45, 7) is 0. The first-order valence-electron chi connectivity index (χ1n) is 5.36.